The molecule has 33 heavy (non-hydrogen) atoms. The first kappa shape index (κ1) is 24.4. The molecular formula is C25H24Cl2N2O4. The molecule has 0 spiro atoms. The standard InChI is InChI=1S/C25H24Cl2N2O4/c1-3-12-32-21-10-6-19(7-11-21)25(30)29-28-15-18-13-22(27)24(23(14-18)31-2)33-16-17-4-8-20(26)9-5-17/h4-11,13-15H,3,12,16H2,1-2H3,(H,29,30)/b28-15-. The van der Waals surface area contributed by atoms with Gasteiger partial charge in [-0.1, -0.05) is 42.3 Å². The number of nitrogens with one attached hydrogen (secondary N) is 1. The number of amides is 1. The Hall–Kier alpha value is -3.22. The normalized spacial score (nSPS) is 10.8. The van der Waals surface area contributed by atoms with E-state index in [-0.39, 0.29) is 5.91 Å². The van der Waals surface area contributed by atoms with Crippen molar-refractivity contribution in [3.63, 3.8) is 0 Å². The molecule has 0 fully saturated rings. The fourth-order valence-electron chi connectivity index (χ4n) is 2.84. The van der Waals surface area contributed by atoms with Gasteiger partial charge in [0.25, 0.3) is 5.91 Å². The Kier molecular flexibility index (Phi) is 8.98. The summed E-state index contributed by atoms with van der Waals surface area (Å²) in [6.07, 6.45) is 2.40. The van der Waals surface area contributed by atoms with Crippen LogP contribution in [0.2, 0.25) is 10.0 Å². The fourth-order valence-corrected chi connectivity index (χ4v) is 3.24. The lowest BCUT2D eigenvalue weighted by Gasteiger charge is -2.13. The topological polar surface area (TPSA) is 69.2 Å². The average Bonchev–Trinajstić information content (AvgIpc) is 2.83. The Bertz CT molecular complexity index is 1100. The quantitative estimate of drug-likeness (QED) is 0.276. The summed E-state index contributed by atoms with van der Waals surface area (Å²) in [6.45, 7) is 2.97. The Morgan fingerprint density at radius 2 is 1.76 bits per heavy atom. The van der Waals surface area contributed by atoms with E-state index in [1.807, 2.05) is 19.1 Å². The highest BCUT2D eigenvalue weighted by molar-refractivity contribution is 6.32. The highest BCUT2D eigenvalue weighted by atomic mass is 35.5. The molecule has 0 bridgehead atoms. The van der Waals surface area contributed by atoms with Crippen LogP contribution in [0.1, 0.15) is 34.8 Å². The van der Waals surface area contributed by atoms with Crippen molar-refractivity contribution >= 4 is 35.3 Å². The minimum atomic E-state index is -0.339. The number of hydrogen-bond acceptors (Lipinski definition) is 5. The van der Waals surface area contributed by atoms with E-state index in [4.69, 9.17) is 37.4 Å². The second-order valence-corrected chi connectivity index (χ2v) is 7.86. The zero-order valence-electron chi connectivity index (χ0n) is 18.3. The molecule has 6 nitrogen and oxygen atoms in total. The summed E-state index contributed by atoms with van der Waals surface area (Å²) >= 11 is 12.3. The van der Waals surface area contributed by atoms with Crippen LogP contribution in [-0.2, 0) is 6.61 Å². The third kappa shape index (κ3) is 7.14. The fraction of sp³-hybridized carbons (Fsp3) is 0.200. The lowest BCUT2D eigenvalue weighted by molar-refractivity contribution is 0.0955. The second kappa shape index (κ2) is 12.1. The van der Waals surface area contributed by atoms with E-state index in [9.17, 15) is 4.79 Å². The van der Waals surface area contributed by atoms with Gasteiger partial charge in [0.1, 0.15) is 12.4 Å². The molecule has 0 aliphatic heterocycles. The number of hydrazone groups is 1. The van der Waals surface area contributed by atoms with Crippen molar-refractivity contribution in [2.75, 3.05) is 13.7 Å². The van der Waals surface area contributed by atoms with Gasteiger partial charge in [0.05, 0.1) is 25.0 Å². The predicted molar refractivity (Wildman–Crippen MR) is 131 cm³/mol. The SMILES string of the molecule is CCCOc1ccc(C(=O)N/N=C\c2cc(Cl)c(OCc3ccc(Cl)cc3)c(OC)c2)cc1. The van der Waals surface area contributed by atoms with Gasteiger partial charge in [-0.25, -0.2) is 5.43 Å². The maximum atomic E-state index is 12.3. The molecule has 0 aromatic heterocycles. The molecule has 0 saturated carbocycles. The number of carbonyl (C=O) groups is 1. The third-order valence-corrected chi connectivity index (χ3v) is 5.05. The number of methoxy groups -OCH3 is 1. The predicted octanol–water partition coefficient (Wildman–Crippen LogP) is 6.13. The van der Waals surface area contributed by atoms with Crippen LogP contribution in [0.25, 0.3) is 0 Å². The zero-order valence-corrected chi connectivity index (χ0v) is 19.8. The van der Waals surface area contributed by atoms with Gasteiger partial charge in [-0.05, 0) is 66.1 Å². The Morgan fingerprint density at radius 1 is 1.03 bits per heavy atom. The van der Waals surface area contributed by atoms with Crippen molar-refractivity contribution < 1.29 is 19.0 Å². The first-order chi connectivity index (χ1) is 16.0. The molecule has 0 radical (unpaired) electrons. The first-order valence-corrected chi connectivity index (χ1v) is 11.1. The summed E-state index contributed by atoms with van der Waals surface area (Å²) in [7, 11) is 1.53. The van der Waals surface area contributed by atoms with E-state index in [2.05, 4.69) is 10.5 Å². The van der Waals surface area contributed by atoms with Crippen molar-refractivity contribution in [2.24, 2.45) is 5.10 Å². The summed E-state index contributed by atoms with van der Waals surface area (Å²) in [5.74, 6) is 1.25. The van der Waals surface area contributed by atoms with Crippen LogP contribution >= 0.6 is 23.2 Å². The van der Waals surface area contributed by atoms with Gasteiger partial charge < -0.3 is 14.2 Å². The van der Waals surface area contributed by atoms with Crippen LogP contribution in [0.3, 0.4) is 0 Å². The first-order valence-electron chi connectivity index (χ1n) is 10.3. The van der Waals surface area contributed by atoms with E-state index in [0.29, 0.717) is 45.9 Å². The van der Waals surface area contributed by atoms with Crippen LogP contribution in [0.5, 0.6) is 17.2 Å². The smallest absolute Gasteiger partial charge is 0.271 e. The Morgan fingerprint density at radius 3 is 2.42 bits per heavy atom. The molecule has 0 aliphatic carbocycles. The third-order valence-electron chi connectivity index (χ3n) is 4.52. The maximum Gasteiger partial charge on any atom is 0.271 e. The van der Waals surface area contributed by atoms with Gasteiger partial charge in [0.2, 0.25) is 0 Å². The van der Waals surface area contributed by atoms with Gasteiger partial charge in [-0.15, -0.1) is 0 Å². The number of nitrogens with zero attached hydrogens (tertiary/aromatic N) is 1. The van der Waals surface area contributed by atoms with Gasteiger partial charge in [0.15, 0.2) is 11.5 Å². The second-order valence-electron chi connectivity index (χ2n) is 7.02. The molecule has 8 heteroatoms. The van der Waals surface area contributed by atoms with E-state index < -0.39 is 0 Å². The summed E-state index contributed by atoms with van der Waals surface area (Å²) < 4.78 is 16.8. The molecule has 0 aliphatic rings. The molecule has 0 unspecified atom stereocenters. The molecule has 172 valence electrons. The van der Waals surface area contributed by atoms with Crippen molar-refractivity contribution in [1.82, 2.24) is 5.43 Å². The number of carbonyl (C=O) groups excluding carboxylic acids is 1. The van der Waals surface area contributed by atoms with Crippen molar-refractivity contribution in [2.45, 2.75) is 20.0 Å². The minimum absolute atomic E-state index is 0.305. The summed E-state index contributed by atoms with van der Waals surface area (Å²) in [6, 6.07) is 17.6. The molecular weight excluding hydrogens is 463 g/mol. The van der Waals surface area contributed by atoms with E-state index in [1.165, 1.54) is 13.3 Å². The monoisotopic (exact) mass is 486 g/mol. The van der Waals surface area contributed by atoms with E-state index >= 15 is 0 Å². The van der Waals surface area contributed by atoms with Crippen molar-refractivity contribution in [3.8, 4) is 17.2 Å². The lowest BCUT2D eigenvalue weighted by atomic mass is 10.2. The Labute approximate surface area is 203 Å². The van der Waals surface area contributed by atoms with Crippen LogP contribution in [0.15, 0.2) is 65.8 Å². The highest BCUT2D eigenvalue weighted by Crippen LogP contribution is 2.36. The van der Waals surface area contributed by atoms with Crippen LogP contribution in [-0.4, -0.2) is 25.8 Å². The largest absolute Gasteiger partial charge is 0.494 e. The van der Waals surface area contributed by atoms with Crippen molar-refractivity contribution in [3.05, 3.63) is 87.4 Å². The average molecular weight is 487 g/mol. The molecule has 0 heterocycles. The van der Waals surface area contributed by atoms with Crippen LogP contribution in [0, 0.1) is 0 Å². The maximum absolute atomic E-state index is 12.3. The molecule has 3 aromatic rings. The van der Waals surface area contributed by atoms with E-state index in [0.717, 1.165) is 17.7 Å². The minimum Gasteiger partial charge on any atom is -0.494 e. The molecule has 1 amide bonds. The van der Waals surface area contributed by atoms with Gasteiger partial charge >= 0.3 is 0 Å². The van der Waals surface area contributed by atoms with Gasteiger partial charge in [-0.3, -0.25) is 4.79 Å². The molecule has 3 aromatic carbocycles. The number of benzene rings is 3. The number of rotatable bonds is 10. The molecule has 0 atom stereocenters. The van der Waals surface area contributed by atoms with E-state index in [1.54, 1.807) is 48.5 Å². The van der Waals surface area contributed by atoms with Crippen LogP contribution in [0.4, 0.5) is 0 Å². The summed E-state index contributed by atoms with van der Waals surface area (Å²) in [5, 5.41) is 5.03. The zero-order chi connectivity index (χ0) is 23.6. The van der Waals surface area contributed by atoms with Gasteiger partial charge in [0, 0.05) is 10.6 Å². The number of halogens is 2. The lowest BCUT2D eigenvalue weighted by Crippen LogP contribution is -2.17. The summed E-state index contributed by atoms with van der Waals surface area (Å²) in [4.78, 5) is 12.3. The molecule has 0 saturated heterocycles. The van der Waals surface area contributed by atoms with Crippen LogP contribution < -0.4 is 19.6 Å². The van der Waals surface area contributed by atoms with Gasteiger partial charge in [-0.2, -0.15) is 5.10 Å². The number of ether oxygens (including phenoxy) is 3. The van der Waals surface area contributed by atoms with Crippen molar-refractivity contribution in [1.29, 1.82) is 0 Å². The summed E-state index contributed by atoms with van der Waals surface area (Å²) in [5.41, 5.74) is 4.55. The number of hydrogen-bond donors (Lipinski definition) is 1. The highest BCUT2D eigenvalue weighted by Gasteiger charge is 2.12. The molecule has 3 rings (SSSR count). The molecule has 1 N–H and O–H groups in total. The Balaban J connectivity index is 1.62.